The summed E-state index contributed by atoms with van der Waals surface area (Å²) in [7, 11) is 0. The lowest BCUT2D eigenvalue weighted by atomic mass is 10.1. The molecule has 1 fully saturated rings. The van der Waals surface area contributed by atoms with Crippen molar-refractivity contribution in [1.82, 2.24) is 5.32 Å². The number of hydrogen-bond acceptors (Lipinski definition) is 3. The lowest BCUT2D eigenvalue weighted by molar-refractivity contribution is -0.123. The van der Waals surface area contributed by atoms with Crippen molar-refractivity contribution in [3.8, 4) is 0 Å². The Labute approximate surface area is 123 Å². The van der Waals surface area contributed by atoms with E-state index in [1.165, 1.54) is 6.07 Å². The van der Waals surface area contributed by atoms with Crippen molar-refractivity contribution in [2.45, 2.75) is 24.8 Å². The zero-order chi connectivity index (χ0) is 14.5. The molecule has 0 heterocycles. The van der Waals surface area contributed by atoms with Gasteiger partial charge in [-0.25, -0.2) is 4.39 Å². The number of thioether (sulfide) groups is 1. The Balaban J connectivity index is 1.91. The first kappa shape index (κ1) is 15.3. The van der Waals surface area contributed by atoms with Crippen molar-refractivity contribution in [2.24, 2.45) is 5.92 Å². The Hall–Kier alpha value is -1.07. The largest absolute Gasteiger partial charge is 0.396 e. The molecule has 1 amide bonds. The van der Waals surface area contributed by atoms with Crippen molar-refractivity contribution >= 4 is 17.7 Å². The summed E-state index contributed by atoms with van der Waals surface area (Å²) in [4.78, 5) is 12.1. The second-order valence-corrected chi connectivity index (χ2v) is 6.05. The SMILES string of the molecule is CSCC(CCO)NC(=O)C1CC1c1ccccc1F. The van der Waals surface area contributed by atoms with E-state index < -0.39 is 0 Å². The number of aliphatic hydroxyl groups is 1. The van der Waals surface area contributed by atoms with Gasteiger partial charge in [0.15, 0.2) is 0 Å². The van der Waals surface area contributed by atoms with Crippen LogP contribution in [0.4, 0.5) is 4.39 Å². The van der Waals surface area contributed by atoms with Gasteiger partial charge in [-0.1, -0.05) is 18.2 Å². The van der Waals surface area contributed by atoms with E-state index >= 15 is 0 Å². The summed E-state index contributed by atoms with van der Waals surface area (Å²) in [6.07, 6.45) is 3.23. The first-order valence-corrected chi connectivity index (χ1v) is 8.21. The molecule has 3 atom stereocenters. The number of rotatable bonds is 7. The molecule has 1 aliphatic rings. The Morgan fingerprint density at radius 2 is 2.30 bits per heavy atom. The number of nitrogens with one attached hydrogen (secondary N) is 1. The van der Waals surface area contributed by atoms with Gasteiger partial charge in [-0.2, -0.15) is 11.8 Å². The first-order chi connectivity index (χ1) is 9.67. The summed E-state index contributed by atoms with van der Waals surface area (Å²) >= 11 is 1.64. The van der Waals surface area contributed by atoms with Crippen molar-refractivity contribution in [2.75, 3.05) is 18.6 Å². The van der Waals surface area contributed by atoms with E-state index in [0.29, 0.717) is 18.4 Å². The van der Waals surface area contributed by atoms with Crippen LogP contribution in [0, 0.1) is 11.7 Å². The third kappa shape index (κ3) is 3.73. The third-order valence-corrected chi connectivity index (χ3v) is 4.36. The standard InChI is InChI=1S/C15H20FNO2S/c1-20-9-10(6-7-18)17-15(19)13-8-12(13)11-4-2-3-5-14(11)16/h2-5,10,12-13,18H,6-9H2,1H3,(H,17,19). The Kier molecular flexibility index (Phi) is 5.43. The maximum absolute atomic E-state index is 13.7. The molecule has 0 aromatic heterocycles. The zero-order valence-electron chi connectivity index (χ0n) is 11.5. The molecule has 2 rings (SSSR count). The Morgan fingerprint density at radius 3 is 2.95 bits per heavy atom. The molecule has 0 saturated heterocycles. The third-order valence-electron chi connectivity index (χ3n) is 3.62. The topological polar surface area (TPSA) is 49.3 Å². The molecule has 1 aliphatic carbocycles. The summed E-state index contributed by atoms with van der Waals surface area (Å²) in [5.41, 5.74) is 0.635. The van der Waals surface area contributed by atoms with Crippen LogP contribution < -0.4 is 5.32 Å². The van der Waals surface area contributed by atoms with E-state index in [2.05, 4.69) is 5.32 Å². The van der Waals surface area contributed by atoms with Gasteiger partial charge in [-0.05, 0) is 36.6 Å². The minimum Gasteiger partial charge on any atom is -0.396 e. The number of carbonyl (C=O) groups is 1. The molecule has 20 heavy (non-hydrogen) atoms. The molecule has 1 aromatic carbocycles. The predicted molar refractivity (Wildman–Crippen MR) is 79.3 cm³/mol. The number of carbonyl (C=O) groups excluding carboxylic acids is 1. The number of benzene rings is 1. The minimum absolute atomic E-state index is 0.000237. The molecule has 0 spiro atoms. The molecule has 5 heteroatoms. The number of halogens is 1. The highest BCUT2D eigenvalue weighted by Gasteiger charge is 2.45. The normalized spacial score (nSPS) is 22.4. The molecule has 0 bridgehead atoms. The highest BCUT2D eigenvalue weighted by atomic mass is 32.2. The molecule has 1 aromatic rings. The fourth-order valence-corrected chi connectivity index (χ4v) is 3.12. The van der Waals surface area contributed by atoms with Crippen LogP contribution >= 0.6 is 11.8 Å². The molecule has 3 unspecified atom stereocenters. The summed E-state index contributed by atoms with van der Waals surface area (Å²) in [6.45, 7) is 0.0624. The van der Waals surface area contributed by atoms with Crippen LogP contribution in [-0.4, -0.2) is 35.7 Å². The van der Waals surface area contributed by atoms with Gasteiger partial charge in [-0.3, -0.25) is 4.79 Å². The predicted octanol–water partition coefficient (Wildman–Crippen LogP) is 2.16. The van der Waals surface area contributed by atoms with E-state index in [1.54, 1.807) is 30.0 Å². The van der Waals surface area contributed by atoms with Crippen LogP contribution in [-0.2, 0) is 4.79 Å². The van der Waals surface area contributed by atoms with Crippen LogP contribution in [0.3, 0.4) is 0 Å². The molecule has 2 N–H and O–H groups in total. The minimum atomic E-state index is -0.233. The summed E-state index contributed by atoms with van der Waals surface area (Å²) in [6, 6.07) is 6.63. The summed E-state index contributed by atoms with van der Waals surface area (Å²) in [5, 5.41) is 11.9. The van der Waals surface area contributed by atoms with Gasteiger partial charge >= 0.3 is 0 Å². The van der Waals surface area contributed by atoms with Crippen molar-refractivity contribution in [3.05, 3.63) is 35.6 Å². The zero-order valence-corrected chi connectivity index (χ0v) is 12.3. The molecule has 0 radical (unpaired) electrons. The molecule has 1 saturated carbocycles. The van der Waals surface area contributed by atoms with Crippen molar-refractivity contribution in [3.63, 3.8) is 0 Å². The van der Waals surface area contributed by atoms with Crippen molar-refractivity contribution < 1.29 is 14.3 Å². The maximum atomic E-state index is 13.7. The molecule has 0 aliphatic heterocycles. The van der Waals surface area contributed by atoms with Gasteiger partial charge in [0.2, 0.25) is 5.91 Å². The highest BCUT2D eigenvalue weighted by Crippen LogP contribution is 2.48. The number of amides is 1. The second kappa shape index (κ2) is 7.09. The van der Waals surface area contributed by atoms with Gasteiger partial charge in [0.25, 0.3) is 0 Å². The van der Waals surface area contributed by atoms with Gasteiger partial charge < -0.3 is 10.4 Å². The molecular formula is C15H20FNO2S. The van der Waals surface area contributed by atoms with Gasteiger partial charge in [0.05, 0.1) is 0 Å². The lowest BCUT2D eigenvalue weighted by Gasteiger charge is -2.16. The highest BCUT2D eigenvalue weighted by molar-refractivity contribution is 7.98. The smallest absolute Gasteiger partial charge is 0.223 e. The molecule has 3 nitrogen and oxygen atoms in total. The fourth-order valence-electron chi connectivity index (χ4n) is 2.47. The van der Waals surface area contributed by atoms with Crippen LogP contribution in [0.15, 0.2) is 24.3 Å². The monoisotopic (exact) mass is 297 g/mol. The van der Waals surface area contributed by atoms with E-state index in [-0.39, 0.29) is 36.2 Å². The van der Waals surface area contributed by atoms with Gasteiger partial charge in [0, 0.05) is 24.3 Å². The number of hydrogen-bond donors (Lipinski definition) is 2. The Bertz CT molecular complexity index is 463. The van der Waals surface area contributed by atoms with Crippen LogP contribution in [0.1, 0.15) is 24.3 Å². The van der Waals surface area contributed by atoms with E-state index in [0.717, 1.165) is 5.75 Å². The van der Waals surface area contributed by atoms with Crippen molar-refractivity contribution in [1.29, 1.82) is 0 Å². The average molecular weight is 297 g/mol. The van der Waals surface area contributed by atoms with Crippen LogP contribution in [0.5, 0.6) is 0 Å². The van der Waals surface area contributed by atoms with Gasteiger partial charge in [0.1, 0.15) is 5.82 Å². The fraction of sp³-hybridized carbons (Fsp3) is 0.533. The van der Waals surface area contributed by atoms with E-state index in [1.807, 2.05) is 6.26 Å². The summed E-state index contributed by atoms with van der Waals surface area (Å²) in [5.74, 6) is 0.397. The average Bonchev–Trinajstić information content (AvgIpc) is 3.20. The lowest BCUT2D eigenvalue weighted by Crippen LogP contribution is -2.38. The maximum Gasteiger partial charge on any atom is 0.223 e. The number of aliphatic hydroxyl groups excluding tert-OH is 1. The van der Waals surface area contributed by atoms with Gasteiger partial charge in [-0.15, -0.1) is 0 Å². The molecule has 110 valence electrons. The Morgan fingerprint density at radius 1 is 1.55 bits per heavy atom. The van der Waals surface area contributed by atoms with E-state index in [9.17, 15) is 9.18 Å². The van der Waals surface area contributed by atoms with Crippen LogP contribution in [0.2, 0.25) is 0 Å². The first-order valence-electron chi connectivity index (χ1n) is 6.82. The second-order valence-electron chi connectivity index (χ2n) is 5.14. The quantitative estimate of drug-likeness (QED) is 0.811. The summed E-state index contributed by atoms with van der Waals surface area (Å²) < 4.78 is 13.7. The van der Waals surface area contributed by atoms with E-state index in [4.69, 9.17) is 5.11 Å². The molecular weight excluding hydrogens is 277 g/mol. The van der Waals surface area contributed by atoms with Crippen LogP contribution in [0.25, 0.3) is 0 Å².